The minimum Gasteiger partial charge on any atom is -0.457 e. The van der Waals surface area contributed by atoms with Gasteiger partial charge in [-0.2, -0.15) is 13.2 Å². The number of amides is 3. The monoisotopic (exact) mass is 525 g/mol. The third-order valence-electron chi connectivity index (χ3n) is 4.58. The zero-order valence-electron chi connectivity index (χ0n) is 18.7. The molecule has 0 fully saturated rings. The molecule has 0 unspecified atom stereocenters. The first kappa shape index (κ1) is 26.7. The van der Waals surface area contributed by atoms with Gasteiger partial charge in [-0.1, -0.05) is 11.6 Å². The molecule has 1 aromatic heterocycles. The van der Waals surface area contributed by atoms with Gasteiger partial charge in [0.05, 0.1) is 16.3 Å². The van der Waals surface area contributed by atoms with E-state index in [1.54, 1.807) is 7.05 Å². The van der Waals surface area contributed by atoms with Crippen LogP contribution in [0.3, 0.4) is 0 Å². The van der Waals surface area contributed by atoms with Crippen LogP contribution in [0, 0.1) is 5.82 Å². The quantitative estimate of drug-likeness (QED) is 0.237. The van der Waals surface area contributed by atoms with Gasteiger partial charge in [0, 0.05) is 37.1 Å². The Morgan fingerprint density at radius 2 is 1.75 bits per heavy atom. The zero-order chi connectivity index (χ0) is 26.3. The largest absolute Gasteiger partial charge is 0.457 e. The second kappa shape index (κ2) is 11.7. The van der Waals surface area contributed by atoms with Crippen LogP contribution in [0.5, 0.6) is 11.5 Å². The number of carbonyl (C=O) groups is 2. The molecule has 3 rings (SSSR count). The highest BCUT2D eigenvalue weighted by Gasteiger charge is 2.33. The maximum absolute atomic E-state index is 14.5. The Labute approximate surface area is 208 Å². The second-order valence-corrected chi connectivity index (χ2v) is 7.66. The molecule has 190 valence electrons. The summed E-state index contributed by atoms with van der Waals surface area (Å²) >= 11 is 5.56. The standard InChI is InChI=1S/C23H20ClF4N5O3/c1-29-8-9-31-21(34)20-12-15(6-7-30-20)36-14-3-5-19(18(25)11-14)33-22(35)32-13-2-4-17(24)16(10-13)23(26,27)28/h2-7,10-12,29H,8-9H2,1H3,(H,31,34)(H2,32,33,35). The van der Waals surface area contributed by atoms with Crippen LogP contribution in [0.1, 0.15) is 16.1 Å². The van der Waals surface area contributed by atoms with Crippen molar-refractivity contribution in [3.63, 3.8) is 0 Å². The van der Waals surface area contributed by atoms with E-state index in [9.17, 15) is 27.2 Å². The SMILES string of the molecule is CNCCNC(=O)c1cc(Oc2ccc(NC(=O)Nc3ccc(Cl)c(C(F)(F)F)c3)c(F)c2)ccn1. The third kappa shape index (κ3) is 7.30. The van der Waals surface area contributed by atoms with Gasteiger partial charge in [0.1, 0.15) is 23.0 Å². The number of aromatic nitrogens is 1. The van der Waals surface area contributed by atoms with Crippen molar-refractivity contribution in [2.75, 3.05) is 30.8 Å². The number of carbonyl (C=O) groups excluding carboxylic acids is 2. The zero-order valence-corrected chi connectivity index (χ0v) is 19.4. The number of rotatable bonds is 8. The lowest BCUT2D eigenvalue weighted by atomic mass is 10.2. The predicted molar refractivity (Wildman–Crippen MR) is 126 cm³/mol. The van der Waals surface area contributed by atoms with Crippen molar-refractivity contribution in [3.8, 4) is 11.5 Å². The predicted octanol–water partition coefficient (Wildman–Crippen LogP) is 5.28. The molecule has 0 bridgehead atoms. The van der Waals surface area contributed by atoms with Gasteiger partial charge in [-0.15, -0.1) is 0 Å². The summed E-state index contributed by atoms with van der Waals surface area (Å²) in [6.07, 6.45) is -3.35. The lowest BCUT2D eigenvalue weighted by Crippen LogP contribution is -2.30. The number of urea groups is 1. The number of ether oxygens (including phenoxy) is 1. The van der Waals surface area contributed by atoms with Crippen LogP contribution in [0.2, 0.25) is 5.02 Å². The van der Waals surface area contributed by atoms with E-state index >= 15 is 0 Å². The first-order chi connectivity index (χ1) is 17.1. The Morgan fingerprint density at radius 1 is 1.00 bits per heavy atom. The fourth-order valence-corrected chi connectivity index (χ4v) is 3.12. The summed E-state index contributed by atoms with van der Waals surface area (Å²) in [5.74, 6) is -0.979. The van der Waals surface area contributed by atoms with Crippen LogP contribution in [-0.4, -0.2) is 37.1 Å². The molecule has 0 radical (unpaired) electrons. The smallest absolute Gasteiger partial charge is 0.417 e. The minimum atomic E-state index is -4.71. The van der Waals surface area contributed by atoms with Crippen molar-refractivity contribution in [1.29, 1.82) is 0 Å². The highest BCUT2D eigenvalue weighted by molar-refractivity contribution is 6.31. The van der Waals surface area contributed by atoms with Gasteiger partial charge >= 0.3 is 12.2 Å². The van der Waals surface area contributed by atoms with Crippen molar-refractivity contribution in [2.24, 2.45) is 0 Å². The van der Waals surface area contributed by atoms with E-state index < -0.39 is 34.5 Å². The molecular formula is C23H20ClF4N5O3. The number of halogens is 5. The number of nitrogens with zero attached hydrogens (tertiary/aromatic N) is 1. The lowest BCUT2D eigenvalue weighted by molar-refractivity contribution is -0.137. The van der Waals surface area contributed by atoms with Crippen molar-refractivity contribution >= 4 is 34.9 Å². The van der Waals surface area contributed by atoms with Gasteiger partial charge in [0.25, 0.3) is 5.91 Å². The van der Waals surface area contributed by atoms with Crippen LogP contribution in [0.15, 0.2) is 54.7 Å². The first-order valence-electron chi connectivity index (χ1n) is 10.4. The number of hydrogen-bond acceptors (Lipinski definition) is 5. The van der Waals surface area contributed by atoms with E-state index in [1.807, 2.05) is 0 Å². The van der Waals surface area contributed by atoms with E-state index in [1.165, 1.54) is 36.5 Å². The Hall–Kier alpha value is -3.90. The molecule has 1 heterocycles. The van der Waals surface area contributed by atoms with Crippen molar-refractivity contribution in [1.82, 2.24) is 15.6 Å². The molecule has 3 amide bonds. The second-order valence-electron chi connectivity index (χ2n) is 7.25. The van der Waals surface area contributed by atoms with E-state index in [0.29, 0.717) is 19.2 Å². The number of likely N-dealkylation sites (N-methyl/N-ethyl adjacent to an activating group) is 1. The molecule has 0 saturated carbocycles. The molecular weight excluding hydrogens is 506 g/mol. The van der Waals surface area contributed by atoms with E-state index in [2.05, 4.69) is 26.3 Å². The molecule has 3 aromatic rings. The molecule has 0 aliphatic heterocycles. The Morgan fingerprint density at radius 3 is 2.44 bits per heavy atom. The molecule has 8 nitrogen and oxygen atoms in total. The maximum Gasteiger partial charge on any atom is 0.417 e. The summed E-state index contributed by atoms with van der Waals surface area (Å²) in [6, 6.07) is 8.27. The fraction of sp³-hybridized carbons (Fsp3) is 0.174. The van der Waals surface area contributed by atoms with E-state index in [-0.39, 0.29) is 28.6 Å². The number of pyridine rings is 1. The summed E-state index contributed by atoms with van der Waals surface area (Å²) in [5.41, 5.74) is -1.45. The van der Waals surface area contributed by atoms with E-state index in [4.69, 9.17) is 16.3 Å². The third-order valence-corrected chi connectivity index (χ3v) is 4.91. The summed E-state index contributed by atoms with van der Waals surface area (Å²) in [5, 5.41) is 9.44. The number of nitrogens with one attached hydrogen (secondary N) is 4. The molecule has 36 heavy (non-hydrogen) atoms. The van der Waals surface area contributed by atoms with Gasteiger partial charge in [0.15, 0.2) is 0 Å². The minimum absolute atomic E-state index is 0.0683. The van der Waals surface area contributed by atoms with Crippen molar-refractivity contribution in [3.05, 3.63) is 76.8 Å². The van der Waals surface area contributed by atoms with Gasteiger partial charge in [0.2, 0.25) is 0 Å². The van der Waals surface area contributed by atoms with Crippen molar-refractivity contribution < 1.29 is 31.9 Å². The Kier molecular flexibility index (Phi) is 8.67. The highest BCUT2D eigenvalue weighted by atomic mass is 35.5. The van der Waals surface area contributed by atoms with E-state index in [0.717, 1.165) is 12.1 Å². The molecule has 0 saturated heterocycles. The number of hydrogen-bond donors (Lipinski definition) is 4. The number of alkyl halides is 3. The average molecular weight is 526 g/mol. The maximum atomic E-state index is 14.5. The Bertz CT molecular complexity index is 1260. The fourth-order valence-electron chi connectivity index (χ4n) is 2.89. The topological polar surface area (TPSA) is 104 Å². The number of anilines is 2. The van der Waals surface area contributed by atoms with Gasteiger partial charge in [-0.25, -0.2) is 9.18 Å². The first-order valence-corrected chi connectivity index (χ1v) is 10.8. The van der Waals surface area contributed by atoms with Crippen LogP contribution < -0.4 is 26.0 Å². The molecule has 0 atom stereocenters. The summed E-state index contributed by atoms with van der Waals surface area (Å²) in [4.78, 5) is 28.3. The normalized spacial score (nSPS) is 11.1. The molecule has 2 aromatic carbocycles. The lowest BCUT2D eigenvalue weighted by Gasteiger charge is -2.13. The summed E-state index contributed by atoms with van der Waals surface area (Å²) in [6.45, 7) is 0.977. The Balaban J connectivity index is 1.64. The molecule has 0 aliphatic rings. The number of benzene rings is 2. The average Bonchev–Trinajstić information content (AvgIpc) is 2.81. The van der Waals surface area contributed by atoms with Gasteiger partial charge in [-0.3, -0.25) is 9.78 Å². The van der Waals surface area contributed by atoms with Crippen LogP contribution in [0.4, 0.5) is 33.7 Å². The van der Waals surface area contributed by atoms with Crippen LogP contribution >= 0.6 is 11.6 Å². The highest BCUT2D eigenvalue weighted by Crippen LogP contribution is 2.36. The van der Waals surface area contributed by atoms with Crippen LogP contribution in [0.25, 0.3) is 0 Å². The van der Waals surface area contributed by atoms with Gasteiger partial charge in [-0.05, 0) is 43.4 Å². The van der Waals surface area contributed by atoms with Crippen LogP contribution in [-0.2, 0) is 6.18 Å². The molecule has 4 N–H and O–H groups in total. The summed E-state index contributed by atoms with van der Waals surface area (Å²) < 4.78 is 59.1. The summed E-state index contributed by atoms with van der Waals surface area (Å²) in [7, 11) is 1.75. The van der Waals surface area contributed by atoms with Crippen molar-refractivity contribution in [2.45, 2.75) is 6.18 Å². The molecule has 0 aliphatic carbocycles. The molecule has 13 heteroatoms. The molecule has 0 spiro atoms. The van der Waals surface area contributed by atoms with Gasteiger partial charge < -0.3 is 26.0 Å².